The van der Waals surface area contributed by atoms with E-state index in [0.717, 1.165) is 13.1 Å². The monoisotopic (exact) mass is 179 g/mol. The summed E-state index contributed by atoms with van der Waals surface area (Å²) in [4.78, 5) is 4.41. The molecule has 1 aromatic rings. The molecular formula is C10H17N3. The molecular weight excluding hydrogens is 162 g/mol. The average molecular weight is 179 g/mol. The van der Waals surface area contributed by atoms with E-state index in [4.69, 9.17) is 5.73 Å². The minimum Gasteiger partial charge on any atom is -0.337 e. The normalized spacial score (nSPS) is 27.2. The Hall–Kier alpha value is -0.830. The van der Waals surface area contributed by atoms with Crippen molar-refractivity contribution in [2.75, 3.05) is 6.54 Å². The molecule has 2 rings (SSSR count). The van der Waals surface area contributed by atoms with Crippen LogP contribution in [0.5, 0.6) is 0 Å². The summed E-state index contributed by atoms with van der Waals surface area (Å²) in [5.74, 6) is 1.32. The van der Waals surface area contributed by atoms with E-state index in [-0.39, 0.29) is 0 Å². The lowest BCUT2D eigenvalue weighted by atomic mass is 9.72. The van der Waals surface area contributed by atoms with E-state index in [1.807, 2.05) is 6.33 Å². The molecule has 0 saturated heterocycles. The predicted octanol–water partition coefficient (Wildman–Crippen LogP) is 1.36. The lowest BCUT2D eigenvalue weighted by Gasteiger charge is -2.34. The van der Waals surface area contributed by atoms with Crippen LogP contribution in [-0.2, 0) is 6.54 Å². The van der Waals surface area contributed by atoms with Crippen molar-refractivity contribution in [3.8, 4) is 0 Å². The highest BCUT2D eigenvalue weighted by atomic mass is 15.0. The minimum absolute atomic E-state index is 0.637. The van der Waals surface area contributed by atoms with Crippen LogP contribution < -0.4 is 5.73 Å². The molecule has 3 heteroatoms. The smallest absolute Gasteiger partial charge is 0.0949 e. The Morgan fingerprint density at radius 2 is 2.46 bits per heavy atom. The van der Waals surface area contributed by atoms with Crippen LogP contribution in [0.25, 0.3) is 0 Å². The van der Waals surface area contributed by atoms with Gasteiger partial charge in [-0.05, 0) is 32.2 Å². The number of aryl methyl sites for hydroxylation is 1. The maximum Gasteiger partial charge on any atom is 0.0949 e. The van der Waals surface area contributed by atoms with Crippen LogP contribution in [0.1, 0.15) is 31.4 Å². The molecule has 0 bridgehead atoms. The summed E-state index contributed by atoms with van der Waals surface area (Å²) < 4.78 is 2.13. The number of nitrogens with zero attached hydrogens (tertiary/aromatic N) is 2. The molecule has 1 aliphatic rings. The molecule has 1 heterocycles. The van der Waals surface area contributed by atoms with Gasteiger partial charge in [-0.2, -0.15) is 0 Å². The van der Waals surface area contributed by atoms with E-state index in [1.54, 1.807) is 0 Å². The molecule has 0 spiro atoms. The molecule has 1 saturated carbocycles. The van der Waals surface area contributed by atoms with Gasteiger partial charge < -0.3 is 10.3 Å². The first-order valence-electron chi connectivity index (χ1n) is 5.07. The van der Waals surface area contributed by atoms with Gasteiger partial charge in [0.25, 0.3) is 0 Å². The molecule has 1 aliphatic carbocycles. The summed E-state index contributed by atoms with van der Waals surface area (Å²) in [6, 6.07) is 0. The number of hydrogen-bond donors (Lipinski definition) is 1. The van der Waals surface area contributed by atoms with Gasteiger partial charge in [-0.1, -0.05) is 0 Å². The number of imidazole rings is 1. The van der Waals surface area contributed by atoms with Crippen molar-refractivity contribution in [3.63, 3.8) is 0 Å². The minimum atomic E-state index is 0.637. The Balaban J connectivity index is 2.07. The van der Waals surface area contributed by atoms with Gasteiger partial charge in [-0.25, -0.2) is 4.98 Å². The second-order valence-electron chi connectivity index (χ2n) is 3.81. The van der Waals surface area contributed by atoms with E-state index < -0.39 is 0 Å². The fraction of sp³-hybridized carbons (Fsp3) is 0.700. The largest absolute Gasteiger partial charge is 0.337 e. The van der Waals surface area contributed by atoms with Crippen LogP contribution in [0.3, 0.4) is 0 Å². The van der Waals surface area contributed by atoms with Gasteiger partial charge in [0.15, 0.2) is 0 Å². The summed E-state index contributed by atoms with van der Waals surface area (Å²) >= 11 is 0. The highest BCUT2D eigenvalue weighted by molar-refractivity contribution is 5.11. The summed E-state index contributed by atoms with van der Waals surface area (Å²) in [5.41, 5.74) is 6.91. The van der Waals surface area contributed by atoms with Crippen molar-refractivity contribution in [1.82, 2.24) is 9.55 Å². The third-order valence-corrected chi connectivity index (χ3v) is 3.12. The molecule has 13 heavy (non-hydrogen) atoms. The quantitative estimate of drug-likeness (QED) is 0.761. The van der Waals surface area contributed by atoms with Gasteiger partial charge in [0.05, 0.1) is 12.0 Å². The third-order valence-electron chi connectivity index (χ3n) is 3.12. The van der Waals surface area contributed by atoms with E-state index in [9.17, 15) is 0 Å². The predicted molar refractivity (Wildman–Crippen MR) is 52.4 cm³/mol. The van der Waals surface area contributed by atoms with Crippen molar-refractivity contribution < 1.29 is 0 Å². The van der Waals surface area contributed by atoms with E-state index in [0.29, 0.717) is 11.8 Å². The molecule has 2 atom stereocenters. The Morgan fingerprint density at radius 1 is 1.62 bits per heavy atom. The first-order chi connectivity index (χ1) is 6.35. The van der Waals surface area contributed by atoms with Crippen molar-refractivity contribution in [3.05, 3.63) is 18.2 Å². The molecule has 2 N–H and O–H groups in total. The lowest BCUT2D eigenvalue weighted by Crippen LogP contribution is -2.30. The first kappa shape index (κ1) is 8.75. The summed E-state index contributed by atoms with van der Waals surface area (Å²) in [5, 5.41) is 0. The van der Waals surface area contributed by atoms with Gasteiger partial charge in [0, 0.05) is 18.7 Å². The van der Waals surface area contributed by atoms with Gasteiger partial charge >= 0.3 is 0 Å². The zero-order chi connectivity index (χ0) is 9.26. The highest BCUT2D eigenvalue weighted by Crippen LogP contribution is 2.40. The maximum atomic E-state index is 5.67. The second kappa shape index (κ2) is 3.50. The van der Waals surface area contributed by atoms with Crippen LogP contribution in [0, 0.1) is 5.92 Å². The fourth-order valence-electron chi connectivity index (χ4n) is 1.98. The van der Waals surface area contributed by atoms with E-state index >= 15 is 0 Å². The number of hydrogen-bond acceptors (Lipinski definition) is 2. The molecule has 3 nitrogen and oxygen atoms in total. The van der Waals surface area contributed by atoms with E-state index in [2.05, 4.69) is 22.7 Å². The number of nitrogens with two attached hydrogens (primary N) is 1. The average Bonchev–Trinajstić information content (AvgIpc) is 2.52. The summed E-state index contributed by atoms with van der Waals surface area (Å²) in [7, 11) is 0. The zero-order valence-electron chi connectivity index (χ0n) is 8.11. The van der Waals surface area contributed by atoms with Gasteiger partial charge in [-0.3, -0.25) is 0 Å². The standard InChI is InChI=1S/C10H17N3/c1-2-13-6-10(12-7-13)9-4-3-8(9)5-11/h6-9H,2-5,11H2,1H3. The van der Waals surface area contributed by atoms with Gasteiger partial charge in [0.2, 0.25) is 0 Å². The number of aromatic nitrogens is 2. The SMILES string of the molecule is CCn1cnc(C2CCC2CN)c1. The maximum absolute atomic E-state index is 5.67. The molecule has 72 valence electrons. The molecule has 1 fully saturated rings. The van der Waals surface area contributed by atoms with E-state index in [1.165, 1.54) is 18.5 Å². The Morgan fingerprint density at radius 3 is 2.92 bits per heavy atom. The van der Waals surface area contributed by atoms with Crippen molar-refractivity contribution >= 4 is 0 Å². The first-order valence-corrected chi connectivity index (χ1v) is 5.07. The van der Waals surface area contributed by atoms with Crippen LogP contribution in [0.4, 0.5) is 0 Å². The van der Waals surface area contributed by atoms with Crippen LogP contribution >= 0.6 is 0 Å². The third kappa shape index (κ3) is 1.48. The van der Waals surface area contributed by atoms with Crippen LogP contribution in [0.15, 0.2) is 12.5 Å². The highest BCUT2D eigenvalue weighted by Gasteiger charge is 2.32. The molecule has 0 aromatic carbocycles. The molecule has 0 aliphatic heterocycles. The van der Waals surface area contributed by atoms with Crippen molar-refractivity contribution in [1.29, 1.82) is 0 Å². The van der Waals surface area contributed by atoms with Gasteiger partial charge in [-0.15, -0.1) is 0 Å². The second-order valence-corrected chi connectivity index (χ2v) is 3.81. The van der Waals surface area contributed by atoms with Crippen LogP contribution in [-0.4, -0.2) is 16.1 Å². The Kier molecular flexibility index (Phi) is 2.36. The topological polar surface area (TPSA) is 43.8 Å². The Bertz CT molecular complexity index is 277. The molecule has 0 radical (unpaired) electrons. The lowest BCUT2D eigenvalue weighted by molar-refractivity contribution is 0.259. The molecule has 0 amide bonds. The molecule has 1 aromatic heterocycles. The Labute approximate surface area is 79.0 Å². The van der Waals surface area contributed by atoms with Crippen molar-refractivity contribution in [2.45, 2.75) is 32.2 Å². The molecule has 2 unspecified atom stereocenters. The fourth-order valence-corrected chi connectivity index (χ4v) is 1.98. The summed E-state index contributed by atoms with van der Waals surface area (Å²) in [6.07, 6.45) is 6.62. The van der Waals surface area contributed by atoms with Crippen LogP contribution in [0.2, 0.25) is 0 Å². The zero-order valence-corrected chi connectivity index (χ0v) is 8.11. The van der Waals surface area contributed by atoms with Gasteiger partial charge in [0.1, 0.15) is 0 Å². The number of rotatable bonds is 3. The summed E-state index contributed by atoms with van der Waals surface area (Å²) in [6.45, 7) is 3.95. The van der Waals surface area contributed by atoms with Crippen molar-refractivity contribution in [2.24, 2.45) is 11.7 Å².